The van der Waals surface area contributed by atoms with E-state index < -0.39 is 32.5 Å². The van der Waals surface area contributed by atoms with Crippen molar-refractivity contribution in [1.82, 2.24) is 0 Å². The number of rotatable bonds is 45. The van der Waals surface area contributed by atoms with E-state index in [0.29, 0.717) is 6.42 Å². The Hall–Kier alpha value is -1.73. The van der Waals surface area contributed by atoms with E-state index in [1.807, 2.05) is 0 Å². The minimum atomic E-state index is -4.76. The highest BCUT2D eigenvalue weighted by molar-refractivity contribution is 7.46. The normalized spacial score (nSPS) is 12.7. The first-order chi connectivity index (χ1) is 28.3. The average molecular weight is 839 g/mol. The summed E-state index contributed by atoms with van der Waals surface area (Å²) >= 11 is 0. The van der Waals surface area contributed by atoms with Crippen LogP contribution in [0.25, 0.3) is 0 Å². The minimum Gasteiger partial charge on any atom is -0.462 e. The van der Waals surface area contributed by atoms with Gasteiger partial charge in [-0.05, 0) is 70.6 Å². The number of hydrogen-bond acceptors (Lipinski definition) is 6. The van der Waals surface area contributed by atoms with Crippen molar-refractivity contribution in [2.45, 2.75) is 251 Å². The number of esters is 2. The molecule has 0 unspecified atom stereocenters. The van der Waals surface area contributed by atoms with Crippen LogP contribution in [0.15, 0.2) is 36.5 Å². The molecule has 0 fully saturated rings. The summed E-state index contributed by atoms with van der Waals surface area (Å²) in [6.07, 6.45) is 54.4. The van der Waals surface area contributed by atoms with Gasteiger partial charge in [0.1, 0.15) is 6.61 Å². The van der Waals surface area contributed by atoms with Crippen LogP contribution in [0, 0.1) is 0 Å². The highest BCUT2D eigenvalue weighted by atomic mass is 31.2. The van der Waals surface area contributed by atoms with Gasteiger partial charge in [-0.3, -0.25) is 14.1 Å². The van der Waals surface area contributed by atoms with Crippen LogP contribution in [-0.2, 0) is 28.2 Å². The van der Waals surface area contributed by atoms with Gasteiger partial charge < -0.3 is 19.3 Å². The van der Waals surface area contributed by atoms with Crippen LogP contribution in [-0.4, -0.2) is 41.0 Å². The van der Waals surface area contributed by atoms with Gasteiger partial charge in [-0.25, -0.2) is 4.57 Å². The first-order valence-electron chi connectivity index (χ1n) is 24.3. The molecule has 0 aromatic rings. The SMILES string of the molecule is CCCCC/C=C\C/C=C\CCCCCCCCCCCC(=O)O[C@H](COC(=O)CCCCCCCCCCCCC/C=C\CCCCCCCC)COP(=O)(O)O. The van der Waals surface area contributed by atoms with Crippen LogP contribution in [0.2, 0.25) is 0 Å². The molecule has 58 heavy (non-hydrogen) atoms. The molecule has 0 aliphatic heterocycles. The zero-order valence-electron chi connectivity index (χ0n) is 37.7. The molecule has 0 rings (SSSR count). The lowest BCUT2D eigenvalue weighted by atomic mass is 10.0. The second-order valence-electron chi connectivity index (χ2n) is 16.4. The van der Waals surface area contributed by atoms with E-state index in [0.717, 1.165) is 51.4 Å². The number of carbonyl (C=O) groups excluding carboxylic acids is 2. The molecule has 0 saturated heterocycles. The van der Waals surface area contributed by atoms with Crippen molar-refractivity contribution in [2.24, 2.45) is 0 Å². The number of hydrogen-bond donors (Lipinski definition) is 2. The van der Waals surface area contributed by atoms with Crippen LogP contribution in [0.3, 0.4) is 0 Å². The summed E-state index contributed by atoms with van der Waals surface area (Å²) in [4.78, 5) is 43.0. The first kappa shape index (κ1) is 56.3. The number of phosphoric acid groups is 1. The van der Waals surface area contributed by atoms with Crippen molar-refractivity contribution in [3.63, 3.8) is 0 Å². The Labute approximate surface area is 357 Å². The zero-order chi connectivity index (χ0) is 42.5. The molecule has 8 nitrogen and oxygen atoms in total. The Morgan fingerprint density at radius 3 is 1.19 bits per heavy atom. The van der Waals surface area contributed by atoms with Gasteiger partial charge in [0, 0.05) is 12.8 Å². The Kier molecular flexibility index (Phi) is 43.5. The lowest BCUT2D eigenvalue weighted by molar-refractivity contribution is -0.161. The summed E-state index contributed by atoms with van der Waals surface area (Å²) in [6, 6.07) is 0. The molecule has 9 heteroatoms. The van der Waals surface area contributed by atoms with Gasteiger partial charge in [-0.15, -0.1) is 0 Å². The summed E-state index contributed by atoms with van der Waals surface area (Å²) in [7, 11) is -4.76. The summed E-state index contributed by atoms with van der Waals surface area (Å²) in [5.41, 5.74) is 0. The van der Waals surface area contributed by atoms with Gasteiger partial charge in [0.2, 0.25) is 0 Å². The Morgan fingerprint density at radius 1 is 0.448 bits per heavy atom. The number of carbonyl (C=O) groups is 2. The van der Waals surface area contributed by atoms with Gasteiger partial charge in [-0.2, -0.15) is 0 Å². The average Bonchev–Trinajstić information content (AvgIpc) is 3.20. The molecule has 0 radical (unpaired) electrons. The molecule has 0 saturated carbocycles. The van der Waals surface area contributed by atoms with Crippen LogP contribution >= 0.6 is 7.82 Å². The number of phosphoric ester groups is 1. The molecule has 0 aromatic carbocycles. The third-order valence-electron chi connectivity index (χ3n) is 10.6. The minimum absolute atomic E-state index is 0.208. The highest BCUT2D eigenvalue weighted by Gasteiger charge is 2.23. The van der Waals surface area contributed by atoms with E-state index >= 15 is 0 Å². The smallest absolute Gasteiger partial charge is 0.462 e. The van der Waals surface area contributed by atoms with E-state index in [1.165, 1.54) is 161 Å². The first-order valence-corrected chi connectivity index (χ1v) is 25.8. The van der Waals surface area contributed by atoms with Crippen molar-refractivity contribution >= 4 is 19.8 Å². The highest BCUT2D eigenvalue weighted by Crippen LogP contribution is 2.36. The van der Waals surface area contributed by atoms with Gasteiger partial charge in [0.25, 0.3) is 0 Å². The monoisotopic (exact) mass is 839 g/mol. The zero-order valence-corrected chi connectivity index (χ0v) is 38.6. The van der Waals surface area contributed by atoms with Gasteiger partial charge >= 0.3 is 19.8 Å². The standard InChI is InChI=1S/C49H91O8P/c1-3-5-7-9-11-13-15-17-19-21-23-24-26-27-29-31-33-35-37-39-41-43-48(50)55-45-47(46-56-58(52,53)54)57-49(51)44-42-40-38-36-34-32-30-28-25-22-20-18-16-14-12-10-8-6-4-2/h12,14,17-20,47H,3-11,13,15-16,21-46H2,1-2H3,(H2,52,53,54)/b14-12-,19-17-,20-18-/t47-/m1/s1. The van der Waals surface area contributed by atoms with Crippen LogP contribution < -0.4 is 0 Å². The third-order valence-corrected chi connectivity index (χ3v) is 11.1. The third kappa shape index (κ3) is 47.0. The fraction of sp³-hybridized carbons (Fsp3) is 0.837. The predicted molar refractivity (Wildman–Crippen MR) is 244 cm³/mol. The second-order valence-corrected chi connectivity index (χ2v) is 17.7. The quantitative estimate of drug-likeness (QED) is 0.0269. The number of allylic oxidation sites excluding steroid dienone is 6. The fourth-order valence-electron chi connectivity index (χ4n) is 6.99. The summed E-state index contributed by atoms with van der Waals surface area (Å²) in [5, 5.41) is 0. The number of unbranched alkanes of at least 4 members (excludes halogenated alkanes) is 29. The van der Waals surface area contributed by atoms with Crippen molar-refractivity contribution in [3.05, 3.63) is 36.5 Å². The van der Waals surface area contributed by atoms with Gasteiger partial charge in [0.15, 0.2) is 6.10 Å². The molecular formula is C49H91O8P. The maximum atomic E-state index is 12.5. The van der Waals surface area contributed by atoms with Crippen LogP contribution in [0.5, 0.6) is 0 Å². The molecule has 0 heterocycles. The summed E-state index contributed by atoms with van der Waals surface area (Å²) in [5.74, 6) is -0.881. The molecular weight excluding hydrogens is 748 g/mol. The predicted octanol–water partition coefficient (Wildman–Crippen LogP) is 15.3. The largest absolute Gasteiger partial charge is 0.469 e. The molecule has 0 bridgehead atoms. The summed E-state index contributed by atoms with van der Waals surface area (Å²) < 4.78 is 26.5. The summed E-state index contributed by atoms with van der Waals surface area (Å²) in [6.45, 7) is 3.69. The molecule has 1 atom stereocenters. The Balaban J connectivity index is 3.83. The number of ether oxygens (including phenoxy) is 2. The van der Waals surface area contributed by atoms with Crippen molar-refractivity contribution in [2.75, 3.05) is 13.2 Å². The molecule has 0 spiro atoms. The maximum Gasteiger partial charge on any atom is 0.469 e. The molecule has 0 aliphatic carbocycles. The van der Waals surface area contributed by atoms with Crippen LogP contribution in [0.4, 0.5) is 0 Å². The van der Waals surface area contributed by atoms with Gasteiger partial charge in [-0.1, -0.05) is 198 Å². The molecule has 0 amide bonds. The molecule has 0 aliphatic rings. The maximum absolute atomic E-state index is 12.5. The van der Waals surface area contributed by atoms with E-state index in [9.17, 15) is 14.2 Å². The van der Waals surface area contributed by atoms with Crippen molar-refractivity contribution in [3.8, 4) is 0 Å². The second kappa shape index (κ2) is 44.8. The van der Waals surface area contributed by atoms with E-state index in [2.05, 4.69) is 54.8 Å². The topological polar surface area (TPSA) is 119 Å². The Morgan fingerprint density at radius 2 is 0.776 bits per heavy atom. The fourth-order valence-corrected chi connectivity index (χ4v) is 7.35. The van der Waals surface area contributed by atoms with E-state index in [-0.39, 0.29) is 19.4 Å². The van der Waals surface area contributed by atoms with Gasteiger partial charge in [0.05, 0.1) is 6.61 Å². The van der Waals surface area contributed by atoms with E-state index in [4.69, 9.17) is 19.3 Å². The molecule has 2 N–H and O–H groups in total. The lowest BCUT2D eigenvalue weighted by Crippen LogP contribution is -2.29. The van der Waals surface area contributed by atoms with Crippen LogP contribution in [0.1, 0.15) is 245 Å². The molecule has 340 valence electrons. The molecule has 0 aromatic heterocycles. The lowest BCUT2D eigenvalue weighted by Gasteiger charge is -2.18. The Bertz CT molecular complexity index is 1040. The van der Waals surface area contributed by atoms with E-state index in [1.54, 1.807) is 0 Å². The van der Waals surface area contributed by atoms with Crippen molar-refractivity contribution < 1.29 is 37.9 Å². The van der Waals surface area contributed by atoms with Crippen molar-refractivity contribution in [1.29, 1.82) is 0 Å².